The van der Waals surface area contributed by atoms with E-state index in [-0.39, 0.29) is 5.91 Å². The zero-order valence-corrected chi connectivity index (χ0v) is 13.3. The van der Waals surface area contributed by atoms with Gasteiger partial charge in [-0.1, -0.05) is 24.3 Å². The average Bonchev–Trinajstić information content (AvgIpc) is 3.29. The Morgan fingerprint density at radius 3 is 2.84 bits per heavy atom. The number of para-hydroxylation sites is 2. The van der Waals surface area contributed by atoms with Crippen LogP contribution in [0, 0.1) is 0 Å². The number of H-pyrrole nitrogens is 1. The van der Waals surface area contributed by atoms with Crippen LogP contribution in [0.1, 0.15) is 5.76 Å². The first-order valence-corrected chi connectivity index (χ1v) is 7.86. The number of benzene rings is 2. The van der Waals surface area contributed by atoms with Crippen LogP contribution in [0.4, 0.5) is 5.69 Å². The Hall–Kier alpha value is -3.60. The largest absolute Gasteiger partial charge is 0.465 e. The van der Waals surface area contributed by atoms with E-state index < -0.39 is 0 Å². The fourth-order valence-corrected chi connectivity index (χ4v) is 2.56. The fourth-order valence-electron chi connectivity index (χ4n) is 2.56. The molecule has 1 amide bonds. The van der Waals surface area contributed by atoms with Gasteiger partial charge in [0.1, 0.15) is 11.6 Å². The molecule has 0 saturated heterocycles. The summed E-state index contributed by atoms with van der Waals surface area (Å²) in [5.41, 5.74) is 3.50. The number of hydrogen-bond donors (Lipinski definition) is 2. The lowest BCUT2D eigenvalue weighted by Crippen LogP contribution is -2.07. The van der Waals surface area contributed by atoms with Gasteiger partial charge in [0, 0.05) is 17.3 Å². The molecule has 0 atom stereocenters. The van der Waals surface area contributed by atoms with Gasteiger partial charge in [0.2, 0.25) is 5.91 Å². The van der Waals surface area contributed by atoms with Crippen molar-refractivity contribution < 1.29 is 9.21 Å². The number of hydrogen-bond acceptors (Lipinski definition) is 3. The number of nitrogens with one attached hydrogen (secondary N) is 2. The second kappa shape index (κ2) is 6.49. The number of carbonyl (C=O) groups excluding carboxylic acids is 1. The quantitative estimate of drug-likeness (QED) is 0.542. The summed E-state index contributed by atoms with van der Waals surface area (Å²) in [5, 5.41) is 2.84. The molecule has 2 aromatic carbocycles. The van der Waals surface area contributed by atoms with Crippen LogP contribution >= 0.6 is 0 Å². The smallest absolute Gasteiger partial charge is 0.248 e. The minimum atomic E-state index is -0.224. The molecule has 4 aromatic rings. The van der Waals surface area contributed by atoms with Crippen LogP contribution in [0.15, 0.2) is 77.4 Å². The standard InChI is InChI=1S/C20H15N3O2/c24-19(11-10-16-7-4-12-25-16)21-15-6-3-5-14(13-15)20-22-17-8-1-2-9-18(17)23-20/h1-13H,(H,21,24)(H,22,23)/b11-10-. The van der Waals surface area contributed by atoms with E-state index in [0.717, 1.165) is 22.4 Å². The van der Waals surface area contributed by atoms with E-state index in [1.807, 2.05) is 48.5 Å². The molecule has 0 spiro atoms. The molecule has 0 saturated carbocycles. The third kappa shape index (κ3) is 3.35. The van der Waals surface area contributed by atoms with E-state index >= 15 is 0 Å². The van der Waals surface area contributed by atoms with Gasteiger partial charge in [-0.2, -0.15) is 0 Å². The first-order chi connectivity index (χ1) is 12.3. The molecule has 25 heavy (non-hydrogen) atoms. The van der Waals surface area contributed by atoms with Crippen molar-refractivity contribution in [3.63, 3.8) is 0 Å². The highest BCUT2D eigenvalue weighted by atomic mass is 16.3. The summed E-state index contributed by atoms with van der Waals surface area (Å²) in [6.07, 6.45) is 4.62. The number of furan rings is 1. The van der Waals surface area contributed by atoms with Gasteiger partial charge in [-0.25, -0.2) is 4.98 Å². The molecule has 4 rings (SSSR count). The van der Waals surface area contributed by atoms with Crippen molar-refractivity contribution >= 4 is 28.7 Å². The molecule has 5 heteroatoms. The van der Waals surface area contributed by atoms with Crippen LogP contribution in [0.5, 0.6) is 0 Å². The normalized spacial score (nSPS) is 11.2. The molecule has 0 unspecified atom stereocenters. The molecule has 0 aliphatic rings. The molecular formula is C20H15N3O2. The second-order valence-corrected chi connectivity index (χ2v) is 5.52. The Balaban J connectivity index is 1.54. The lowest BCUT2D eigenvalue weighted by Gasteiger charge is -2.04. The van der Waals surface area contributed by atoms with E-state index in [9.17, 15) is 4.79 Å². The first-order valence-electron chi connectivity index (χ1n) is 7.86. The monoisotopic (exact) mass is 329 g/mol. The van der Waals surface area contributed by atoms with Crippen LogP contribution in [-0.4, -0.2) is 15.9 Å². The van der Waals surface area contributed by atoms with Gasteiger partial charge in [-0.3, -0.25) is 4.79 Å². The molecule has 0 bridgehead atoms. The summed E-state index contributed by atoms with van der Waals surface area (Å²) in [6.45, 7) is 0. The third-order valence-corrected chi connectivity index (χ3v) is 3.74. The summed E-state index contributed by atoms with van der Waals surface area (Å²) in [5.74, 6) is 1.17. The Kier molecular flexibility index (Phi) is 3.88. The number of anilines is 1. The van der Waals surface area contributed by atoms with Crippen molar-refractivity contribution in [2.45, 2.75) is 0 Å². The maximum Gasteiger partial charge on any atom is 0.248 e. The minimum Gasteiger partial charge on any atom is -0.465 e. The molecule has 0 radical (unpaired) electrons. The third-order valence-electron chi connectivity index (χ3n) is 3.74. The van der Waals surface area contributed by atoms with Crippen LogP contribution in [0.3, 0.4) is 0 Å². The highest BCUT2D eigenvalue weighted by molar-refractivity contribution is 6.02. The van der Waals surface area contributed by atoms with Crippen LogP contribution in [0.25, 0.3) is 28.5 Å². The molecule has 0 aliphatic heterocycles. The topological polar surface area (TPSA) is 70.9 Å². The summed E-state index contributed by atoms with van der Waals surface area (Å²) in [7, 11) is 0. The summed E-state index contributed by atoms with van der Waals surface area (Å²) >= 11 is 0. The summed E-state index contributed by atoms with van der Waals surface area (Å²) in [6, 6.07) is 19.0. The average molecular weight is 329 g/mol. The Morgan fingerprint density at radius 2 is 2.00 bits per heavy atom. The van der Waals surface area contributed by atoms with Crippen molar-refractivity contribution in [3.05, 3.63) is 78.8 Å². The molecule has 2 heterocycles. The van der Waals surface area contributed by atoms with Gasteiger partial charge in [0.05, 0.1) is 17.3 Å². The molecule has 122 valence electrons. The van der Waals surface area contributed by atoms with Gasteiger partial charge in [-0.05, 0) is 42.5 Å². The van der Waals surface area contributed by atoms with E-state index in [1.165, 1.54) is 6.08 Å². The lowest BCUT2D eigenvalue weighted by atomic mass is 10.2. The van der Waals surface area contributed by atoms with Crippen molar-refractivity contribution in [2.75, 3.05) is 5.32 Å². The van der Waals surface area contributed by atoms with Gasteiger partial charge in [0.15, 0.2) is 0 Å². The van der Waals surface area contributed by atoms with Crippen LogP contribution < -0.4 is 5.32 Å². The molecule has 2 aromatic heterocycles. The molecular weight excluding hydrogens is 314 g/mol. The van der Waals surface area contributed by atoms with Crippen LogP contribution in [0.2, 0.25) is 0 Å². The molecule has 5 nitrogen and oxygen atoms in total. The maximum atomic E-state index is 12.0. The zero-order valence-electron chi connectivity index (χ0n) is 13.3. The van der Waals surface area contributed by atoms with Gasteiger partial charge >= 0.3 is 0 Å². The van der Waals surface area contributed by atoms with Gasteiger partial charge in [0.25, 0.3) is 0 Å². The predicted octanol–water partition coefficient (Wildman–Crippen LogP) is 4.47. The van der Waals surface area contributed by atoms with Gasteiger partial charge in [-0.15, -0.1) is 0 Å². The summed E-state index contributed by atoms with van der Waals surface area (Å²) < 4.78 is 5.16. The van der Waals surface area contributed by atoms with Crippen molar-refractivity contribution in [1.82, 2.24) is 9.97 Å². The van der Waals surface area contributed by atoms with E-state index in [4.69, 9.17) is 4.42 Å². The van der Waals surface area contributed by atoms with Crippen molar-refractivity contribution in [2.24, 2.45) is 0 Å². The van der Waals surface area contributed by atoms with E-state index in [1.54, 1.807) is 24.5 Å². The second-order valence-electron chi connectivity index (χ2n) is 5.52. The van der Waals surface area contributed by atoms with Crippen LogP contribution in [-0.2, 0) is 4.79 Å². The maximum absolute atomic E-state index is 12.0. The number of imidazole rings is 1. The Bertz CT molecular complexity index is 1010. The number of nitrogens with zero attached hydrogens (tertiary/aromatic N) is 1. The molecule has 2 N–H and O–H groups in total. The van der Waals surface area contributed by atoms with E-state index in [2.05, 4.69) is 15.3 Å². The highest BCUT2D eigenvalue weighted by Crippen LogP contribution is 2.23. The number of aromatic amines is 1. The number of rotatable bonds is 4. The SMILES string of the molecule is O=C(/C=C\c1ccco1)Nc1cccc(-c2nc3ccccc3[nH]2)c1. The van der Waals surface area contributed by atoms with Crippen molar-refractivity contribution in [3.8, 4) is 11.4 Å². The number of amides is 1. The lowest BCUT2D eigenvalue weighted by molar-refractivity contribution is -0.111. The van der Waals surface area contributed by atoms with Gasteiger partial charge < -0.3 is 14.7 Å². The molecule has 0 aliphatic carbocycles. The highest BCUT2D eigenvalue weighted by Gasteiger charge is 2.06. The van der Waals surface area contributed by atoms with E-state index in [0.29, 0.717) is 11.4 Å². The number of aromatic nitrogens is 2. The zero-order chi connectivity index (χ0) is 17.1. The minimum absolute atomic E-state index is 0.224. The Morgan fingerprint density at radius 1 is 1.08 bits per heavy atom. The number of fused-ring (bicyclic) bond motifs is 1. The number of carbonyl (C=O) groups is 1. The first kappa shape index (κ1) is 15.0. The van der Waals surface area contributed by atoms with Crippen molar-refractivity contribution in [1.29, 1.82) is 0 Å². The molecule has 0 fully saturated rings. The fraction of sp³-hybridized carbons (Fsp3) is 0. The predicted molar refractivity (Wildman–Crippen MR) is 97.9 cm³/mol. The Labute approximate surface area is 144 Å². The summed E-state index contributed by atoms with van der Waals surface area (Å²) in [4.78, 5) is 19.9.